The normalized spacial score (nSPS) is 24.6. The number of hydrogen-bond acceptors (Lipinski definition) is 2. The number of benzene rings is 1. The van der Waals surface area contributed by atoms with E-state index < -0.39 is 11.9 Å². The summed E-state index contributed by atoms with van der Waals surface area (Å²) in [5.74, 6) is -1.51. The molecule has 3 nitrogen and oxygen atoms in total. The standard InChI is InChI=1S/C12H14FNO2/c1-7-4-8(2-3-11(7)13)9-5-14-6-10(9)12(15)16/h2-4,9-10,14H,5-6H2,1H3,(H,15,16)/t9-,10+/m0/s1. The third-order valence-corrected chi connectivity index (χ3v) is 3.14. The lowest BCUT2D eigenvalue weighted by Crippen LogP contribution is -2.21. The second kappa shape index (κ2) is 4.22. The van der Waals surface area contributed by atoms with E-state index in [-0.39, 0.29) is 11.7 Å². The van der Waals surface area contributed by atoms with Gasteiger partial charge in [-0.2, -0.15) is 0 Å². The molecule has 1 aromatic rings. The van der Waals surface area contributed by atoms with E-state index in [0.717, 1.165) is 5.56 Å². The van der Waals surface area contributed by atoms with Gasteiger partial charge in [-0.1, -0.05) is 12.1 Å². The second-order valence-corrected chi connectivity index (χ2v) is 4.22. The summed E-state index contributed by atoms with van der Waals surface area (Å²) >= 11 is 0. The summed E-state index contributed by atoms with van der Waals surface area (Å²) < 4.78 is 13.1. The highest BCUT2D eigenvalue weighted by atomic mass is 19.1. The van der Waals surface area contributed by atoms with Gasteiger partial charge in [-0.05, 0) is 24.1 Å². The average Bonchev–Trinajstić information content (AvgIpc) is 2.71. The number of rotatable bonds is 2. The van der Waals surface area contributed by atoms with Crippen molar-refractivity contribution < 1.29 is 14.3 Å². The summed E-state index contributed by atoms with van der Waals surface area (Å²) in [5, 5.41) is 12.1. The molecule has 1 aliphatic rings. The molecular formula is C12H14FNO2. The quantitative estimate of drug-likeness (QED) is 0.799. The molecule has 0 saturated carbocycles. The van der Waals surface area contributed by atoms with E-state index in [1.807, 2.05) is 0 Å². The van der Waals surface area contributed by atoms with Gasteiger partial charge in [0.15, 0.2) is 0 Å². The summed E-state index contributed by atoms with van der Waals surface area (Å²) in [5.41, 5.74) is 1.46. The summed E-state index contributed by atoms with van der Waals surface area (Å²) in [6.45, 7) is 2.81. The van der Waals surface area contributed by atoms with Crippen LogP contribution in [0, 0.1) is 18.7 Å². The Bertz CT molecular complexity index is 419. The van der Waals surface area contributed by atoms with Crippen LogP contribution < -0.4 is 5.32 Å². The van der Waals surface area contributed by atoms with Gasteiger partial charge in [0.1, 0.15) is 5.82 Å². The highest BCUT2D eigenvalue weighted by Crippen LogP contribution is 2.29. The molecule has 0 unspecified atom stereocenters. The Balaban J connectivity index is 2.29. The first-order chi connectivity index (χ1) is 7.59. The first kappa shape index (κ1) is 11.1. The van der Waals surface area contributed by atoms with Crippen LogP contribution in [-0.4, -0.2) is 24.2 Å². The molecule has 0 aliphatic carbocycles. The van der Waals surface area contributed by atoms with E-state index in [1.165, 1.54) is 6.07 Å². The van der Waals surface area contributed by atoms with Gasteiger partial charge in [0.05, 0.1) is 5.92 Å². The maximum Gasteiger partial charge on any atom is 0.308 e. The molecule has 0 aromatic heterocycles. The van der Waals surface area contributed by atoms with E-state index in [9.17, 15) is 9.18 Å². The van der Waals surface area contributed by atoms with Gasteiger partial charge in [-0.25, -0.2) is 4.39 Å². The van der Waals surface area contributed by atoms with Gasteiger partial charge < -0.3 is 10.4 Å². The number of aliphatic carboxylic acids is 1. The molecule has 2 atom stereocenters. The maximum atomic E-state index is 13.1. The van der Waals surface area contributed by atoms with Crippen molar-refractivity contribution in [2.75, 3.05) is 13.1 Å². The molecule has 86 valence electrons. The van der Waals surface area contributed by atoms with Crippen LogP contribution in [-0.2, 0) is 4.79 Å². The zero-order chi connectivity index (χ0) is 11.7. The number of carboxylic acid groups (broad SMARTS) is 1. The minimum absolute atomic E-state index is 0.0585. The van der Waals surface area contributed by atoms with Crippen molar-refractivity contribution in [2.45, 2.75) is 12.8 Å². The SMILES string of the molecule is Cc1cc([C@@H]2CNC[C@H]2C(=O)O)ccc1F. The third-order valence-electron chi connectivity index (χ3n) is 3.14. The van der Waals surface area contributed by atoms with Gasteiger partial charge in [0.2, 0.25) is 0 Å². The molecule has 0 spiro atoms. The third kappa shape index (κ3) is 1.93. The predicted molar refractivity (Wildman–Crippen MR) is 57.9 cm³/mol. The van der Waals surface area contributed by atoms with Crippen molar-refractivity contribution in [3.63, 3.8) is 0 Å². The van der Waals surface area contributed by atoms with Crippen LogP contribution in [0.5, 0.6) is 0 Å². The fourth-order valence-corrected chi connectivity index (χ4v) is 2.19. The van der Waals surface area contributed by atoms with Crippen LogP contribution in [0.15, 0.2) is 18.2 Å². The molecular weight excluding hydrogens is 209 g/mol. The van der Waals surface area contributed by atoms with E-state index >= 15 is 0 Å². The summed E-state index contributed by atoms with van der Waals surface area (Å²) in [6.07, 6.45) is 0. The van der Waals surface area contributed by atoms with Crippen molar-refractivity contribution in [1.82, 2.24) is 5.32 Å². The predicted octanol–water partition coefficient (Wildman–Crippen LogP) is 1.52. The fourth-order valence-electron chi connectivity index (χ4n) is 2.19. The van der Waals surface area contributed by atoms with Crippen molar-refractivity contribution >= 4 is 5.97 Å². The van der Waals surface area contributed by atoms with Crippen LogP contribution in [0.4, 0.5) is 4.39 Å². The summed E-state index contributed by atoms with van der Waals surface area (Å²) in [7, 11) is 0. The highest BCUT2D eigenvalue weighted by Gasteiger charge is 2.33. The van der Waals surface area contributed by atoms with Crippen molar-refractivity contribution in [3.8, 4) is 0 Å². The lowest BCUT2D eigenvalue weighted by Gasteiger charge is -2.15. The van der Waals surface area contributed by atoms with Gasteiger partial charge in [-0.15, -0.1) is 0 Å². The van der Waals surface area contributed by atoms with E-state index in [1.54, 1.807) is 19.1 Å². The monoisotopic (exact) mass is 223 g/mol. The lowest BCUT2D eigenvalue weighted by atomic mass is 9.88. The molecule has 1 aromatic carbocycles. The number of carboxylic acids is 1. The Morgan fingerprint density at radius 2 is 2.25 bits per heavy atom. The van der Waals surface area contributed by atoms with Gasteiger partial charge in [0.25, 0.3) is 0 Å². The van der Waals surface area contributed by atoms with E-state index in [4.69, 9.17) is 5.11 Å². The van der Waals surface area contributed by atoms with Crippen LogP contribution >= 0.6 is 0 Å². The molecule has 2 rings (SSSR count). The fraction of sp³-hybridized carbons (Fsp3) is 0.417. The van der Waals surface area contributed by atoms with Crippen LogP contribution in [0.2, 0.25) is 0 Å². The molecule has 1 heterocycles. The van der Waals surface area contributed by atoms with Crippen molar-refractivity contribution in [3.05, 3.63) is 35.1 Å². The smallest absolute Gasteiger partial charge is 0.308 e. The van der Waals surface area contributed by atoms with Gasteiger partial charge in [-0.3, -0.25) is 4.79 Å². The Hall–Kier alpha value is -1.42. The summed E-state index contributed by atoms with van der Waals surface area (Å²) in [6, 6.07) is 4.82. The number of halogens is 1. The molecule has 1 fully saturated rings. The molecule has 16 heavy (non-hydrogen) atoms. The molecule has 0 bridgehead atoms. The van der Waals surface area contributed by atoms with Crippen molar-refractivity contribution in [1.29, 1.82) is 0 Å². The topological polar surface area (TPSA) is 49.3 Å². The molecule has 0 amide bonds. The average molecular weight is 223 g/mol. The Kier molecular flexibility index (Phi) is 2.92. The highest BCUT2D eigenvalue weighted by molar-refractivity contribution is 5.72. The Morgan fingerprint density at radius 3 is 2.88 bits per heavy atom. The van der Waals surface area contributed by atoms with Crippen molar-refractivity contribution in [2.24, 2.45) is 5.92 Å². The number of aryl methyl sites for hydroxylation is 1. The van der Waals surface area contributed by atoms with Gasteiger partial charge >= 0.3 is 5.97 Å². The molecule has 4 heteroatoms. The zero-order valence-corrected chi connectivity index (χ0v) is 9.03. The number of carbonyl (C=O) groups is 1. The van der Waals surface area contributed by atoms with E-state index in [0.29, 0.717) is 18.7 Å². The minimum Gasteiger partial charge on any atom is -0.481 e. The maximum absolute atomic E-state index is 13.1. The van der Waals surface area contributed by atoms with Crippen LogP contribution in [0.25, 0.3) is 0 Å². The Labute approximate surface area is 93.3 Å². The number of nitrogens with one attached hydrogen (secondary N) is 1. The molecule has 2 N–H and O–H groups in total. The Morgan fingerprint density at radius 1 is 1.50 bits per heavy atom. The first-order valence-electron chi connectivity index (χ1n) is 5.29. The lowest BCUT2D eigenvalue weighted by molar-refractivity contribution is -0.141. The first-order valence-corrected chi connectivity index (χ1v) is 5.29. The van der Waals surface area contributed by atoms with Crippen LogP contribution in [0.3, 0.4) is 0 Å². The number of hydrogen-bond donors (Lipinski definition) is 2. The largest absolute Gasteiger partial charge is 0.481 e. The van der Waals surface area contributed by atoms with Gasteiger partial charge in [0, 0.05) is 19.0 Å². The van der Waals surface area contributed by atoms with Crippen LogP contribution in [0.1, 0.15) is 17.0 Å². The molecule has 1 saturated heterocycles. The molecule has 0 radical (unpaired) electrons. The zero-order valence-electron chi connectivity index (χ0n) is 9.03. The molecule has 1 aliphatic heterocycles. The second-order valence-electron chi connectivity index (χ2n) is 4.22. The summed E-state index contributed by atoms with van der Waals surface area (Å²) in [4.78, 5) is 11.0. The minimum atomic E-state index is -0.794. The van der Waals surface area contributed by atoms with E-state index in [2.05, 4.69) is 5.32 Å².